The second kappa shape index (κ2) is 6.87. The zero-order chi connectivity index (χ0) is 16.4. The summed E-state index contributed by atoms with van der Waals surface area (Å²) < 4.78 is 1.15. The number of nitrogens with zero attached hydrogens (tertiary/aromatic N) is 4. The fourth-order valence-electron chi connectivity index (χ4n) is 3.25. The Kier molecular flexibility index (Phi) is 4.45. The second-order valence-electron chi connectivity index (χ2n) is 6.25. The first-order chi connectivity index (χ1) is 11.8. The van der Waals surface area contributed by atoms with Crippen molar-refractivity contribution in [3.05, 3.63) is 53.3 Å². The highest BCUT2D eigenvalue weighted by atomic mass is 32.1. The monoisotopic (exact) mass is 337 g/mol. The predicted octanol–water partition coefficient (Wildman–Crippen LogP) is 3.72. The van der Waals surface area contributed by atoms with Crippen LogP contribution in [0.3, 0.4) is 0 Å². The van der Waals surface area contributed by atoms with E-state index in [4.69, 9.17) is 0 Å². The van der Waals surface area contributed by atoms with E-state index < -0.39 is 0 Å². The normalized spacial score (nSPS) is 18.9. The van der Waals surface area contributed by atoms with Crippen LogP contribution in [0.1, 0.15) is 18.4 Å². The first kappa shape index (κ1) is 15.5. The van der Waals surface area contributed by atoms with Gasteiger partial charge in [-0.3, -0.25) is 4.90 Å². The quantitative estimate of drug-likeness (QED) is 0.851. The van der Waals surface area contributed by atoms with Crippen molar-refractivity contribution in [1.82, 2.24) is 14.9 Å². The van der Waals surface area contributed by atoms with E-state index in [1.54, 1.807) is 17.7 Å². The van der Waals surface area contributed by atoms with Crippen LogP contribution < -0.4 is 4.90 Å². The number of rotatable bonds is 4. The van der Waals surface area contributed by atoms with E-state index >= 15 is 0 Å². The lowest BCUT2D eigenvalue weighted by Crippen LogP contribution is -2.25. The summed E-state index contributed by atoms with van der Waals surface area (Å²) in [6.45, 7) is 6.30. The third-order valence-electron chi connectivity index (χ3n) is 4.55. The molecule has 24 heavy (non-hydrogen) atoms. The SMILES string of the molecule is Cc1csc2c(N3C[C]=CC=C3C=CCN3CCCC3)ncnc12. The zero-order valence-electron chi connectivity index (χ0n) is 13.9. The van der Waals surface area contributed by atoms with Gasteiger partial charge < -0.3 is 4.90 Å². The van der Waals surface area contributed by atoms with E-state index in [1.165, 1.54) is 37.2 Å². The van der Waals surface area contributed by atoms with Gasteiger partial charge in [0.25, 0.3) is 0 Å². The summed E-state index contributed by atoms with van der Waals surface area (Å²) in [5, 5.41) is 2.15. The number of aromatic nitrogens is 2. The first-order valence-electron chi connectivity index (χ1n) is 8.45. The molecule has 4 rings (SSSR count). The van der Waals surface area contributed by atoms with E-state index in [1.807, 2.05) is 6.08 Å². The summed E-state index contributed by atoms with van der Waals surface area (Å²) in [4.78, 5) is 13.7. The van der Waals surface area contributed by atoms with Crippen LogP contribution in [0.4, 0.5) is 5.82 Å². The van der Waals surface area contributed by atoms with Crippen molar-refractivity contribution in [2.45, 2.75) is 19.8 Å². The first-order valence-corrected chi connectivity index (χ1v) is 9.33. The molecule has 0 bridgehead atoms. The molecule has 0 N–H and O–H groups in total. The van der Waals surface area contributed by atoms with Crippen LogP contribution in [-0.4, -0.2) is 41.0 Å². The number of likely N-dealkylation sites (tertiary alicyclic amines) is 1. The maximum atomic E-state index is 4.57. The molecule has 4 nitrogen and oxygen atoms in total. The molecule has 2 aliphatic heterocycles. The highest BCUT2D eigenvalue weighted by Gasteiger charge is 2.18. The Morgan fingerprint density at radius 2 is 2.17 bits per heavy atom. The van der Waals surface area contributed by atoms with Crippen LogP contribution in [0, 0.1) is 13.0 Å². The molecule has 0 unspecified atom stereocenters. The van der Waals surface area contributed by atoms with Crippen LogP contribution in [0.5, 0.6) is 0 Å². The van der Waals surface area contributed by atoms with Crippen LogP contribution in [0.25, 0.3) is 10.2 Å². The predicted molar refractivity (Wildman–Crippen MR) is 100 cm³/mol. The topological polar surface area (TPSA) is 32.3 Å². The van der Waals surface area contributed by atoms with Gasteiger partial charge in [-0.2, -0.15) is 0 Å². The number of aryl methyl sites for hydroxylation is 1. The molecule has 0 saturated carbocycles. The van der Waals surface area contributed by atoms with E-state index in [0.717, 1.165) is 29.1 Å². The van der Waals surface area contributed by atoms with Crippen molar-refractivity contribution in [3.8, 4) is 0 Å². The summed E-state index contributed by atoms with van der Waals surface area (Å²) in [7, 11) is 0. The minimum absolute atomic E-state index is 0.725. The molecule has 0 amide bonds. The van der Waals surface area contributed by atoms with Gasteiger partial charge in [0, 0.05) is 18.8 Å². The lowest BCUT2D eigenvalue weighted by Gasteiger charge is -2.25. The highest BCUT2D eigenvalue weighted by Crippen LogP contribution is 2.33. The third-order valence-corrected chi connectivity index (χ3v) is 5.63. The minimum atomic E-state index is 0.725. The standard InChI is InChI=1S/C19H21N4S/c1-15-13-24-18-17(15)20-14-21-19(18)23-12-3-2-7-16(23)8-6-11-22-9-4-5-10-22/h2,6-8,13-14H,4-5,9-12H2,1H3. The van der Waals surface area contributed by atoms with E-state index in [0.29, 0.717) is 0 Å². The number of hydrogen-bond donors (Lipinski definition) is 0. The van der Waals surface area contributed by atoms with Crippen LogP contribution in [0.2, 0.25) is 0 Å². The van der Waals surface area contributed by atoms with Gasteiger partial charge in [0.2, 0.25) is 0 Å². The molecule has 1 saturated heterocycles. The number of thiophene rings is 1. The summed E-state index contributed by atoms with van der Waals surface area (Å²) in [6.07, 6.45) is 16.2. The molecule has 4 heterocycles. The van der Waals surface area contributed by atoms with Gasteiger partial charge >= 0.3 is 0 Å². The maximum Gasteiger partial charge on any atom is 0.154 e. The molecule has 123 valence electrons. The molecular weight excluding hydrogens is 316 g/mol. The summed E-state index contributed by atoms with van der Waals surface area (Å²) >= 11 is 1.72. The van der Waals surface area contributed by atoms with E-state index in [-0.39, 0.29) is 0 Å². The van der Waals surface area contributed by atoms with Gasteiger partial charge in [0.15, 0.2) is 5.82 Å². The second-order valence-corrected chi connectivity index (χ2v) is 7.13. The van der Waals surface area contributed by atoms with Crippen LogP contribution in [-0.2, 0) is 0 Å². The number of hydrogen-bond acceptors (Lipinski definition) is 5. The molecule has 0 aromatic carbocycles. The van der Waals surface area contributed by atoms with Gasteiger partial charge in [-0.15, -0.1) is 11.3 Å². The molecule has 5 heteroatoms. The molecule has 0 spiro atoms. The Morgan fingerprint density at radius 3 is 3.04 bits per heavy atom. The highest BCUT2D eigenvalue weighted by molar-refractivity contribution is 7.18. The number of anilines is 1. The van der Waals surface area contributed by atoms with Crippen molar-refractivity contribution in [3.63, 3.8) is 0 Å². The van der Waals surface area contributed by atoms with E-state index in [9.17, 15) is 0 Å². The van der Waals surface area contributed by atoms with Crippen LogP contribution >= 0.6 is 11.3 Å². The molecule has 1 fully saturated rings. The summed E-state index contributed by atoms with van der Waals surface area (Å²) in [6, 6.07) is 0. The average molecular weight is 337 g/mol. The minimum Gasteiger partial charge on any atom is -0.321 e. The Hall–Kier alpha value is -1.98. The molecule has 0 aliphatic carbocycles. The van der Waals surface area contributed by atoms with Gasteiger partial charge in [-0.25, -0.2) is 9.97 Å². The van der Waals surface area contributed by atoms with E-state index in [2.05, 4.69) is 56.4 Å². The zero-order valence-corrected chi connectivity index (χ0v) is 14.7. The molecular formula is C19H21N4S. The van der Waals surface area contributed by atoms with Gasteiger partial charge in [0.1, 0.15) is 6.33 Å². The lowest BCUT2D eigenvalue weighted by molar-refractivity contribution is 0.377. The lowest BCUT2D eigenvalue weighted by atomic mass is 10.2. The van der Waals surface area contributed by atoms with Gasteiger partial charge in [-0.05, 0) is 62.0 Å². The molecule has 2 aromatic rings. The summed E-state index contributed by atoms with van der Waals surface area (Å²) in [5.41, 5.74) is 3.43. The summed E-state index contributed by atoms with van der Waals surface area (Å²) in [5.74, 6) is 0.982. The largest absolute Gasteiger partial charge is 0.321 e. The Labute approximate surface area is 146 Å². The van der Waals surface area contributed by atoms with Crippen molar-refractivity contribution < 1.29 is 0 Å². The maximum absolute atomic E-state index is 4.57. The number of allylic oxidation sites excluding steroid dienone is 3. The van der Waals surface area contributed by atoms with Crippen molar-refractivity contribution in [2.75, 3.05) is 31.1 Å². The molecule has 2 aliphatic rings. The fraction of sp³-hybridized carbons (Fsp3) is 0.368. The number of fused-ring (bicyclic) bond motifs is 1. The van der Waals surface area contributed by atoms with Crippen molar-refractivity contribution in [2.24, 2.45) is 0 Å². The smallest absolute Gasteiger partial charge is 0.154 e. The Morgan fingerprint density at radius 1 is 1.29 bits per heavy atom. The molecule has 2 aromatic heterocycles. The Balaban J connectivity index is 1.59. The van der Waals surface area contributed by atoms with Crippen molar-refractivity contribution in [1.29, 1.82) is 0 Å². The Bertz CT molecular complexity index is 812. The van der Waals surface area contributed by atoms with Gasteiger partial charge in [0.05, 0.1) is 10.2 Å². The third kappa shape index (κ3) is 3.01. The molecule has 1 radical (unpaired) electrons. The van der Waals surface area contributed by atoms with Crippen molar-refractivity contribution >= 4 is 27.4 Å². The average Bonchev–Trinajstić information content (AvgIpc) is 3.26. The molecule has 0 atom stereocenters. The fourth-order valence-corrected chi connectivity index (χ4v) is 4.25. The van der Waals surface area contributed by atoms with Gasteiger partial charge in [-0.1, -0.05) is 12.2 Å². The van der Waals surface area contributed by atoms with Crippen LogP contribution in [0.15, 0.2) is 41.7 Å².